The first-order valence-corrected chi connectivity index (χ1v) is 18.0. The zero-order valence-electron chi connectivity index (χ0n) is 29.3. The molecule has 2 fully saturated rings. The van der Waals surface area contributed by atoms with Crippen LogP contribution < -0.4 is 0 Å². The summed E-state index contributed by atoms with van der Waals surface area (Å²) in [5, 5.41) is 12.0. The minimum atomic E-state index is -0.750. The van der Waals surface area contributed by atoms with Gasteiger partial charge in [0, 0.05) is 35.5 Å². The number of carbonyl (C=O) groups is 3. The van der Waals surface area contributed by atoms with Crippen LogP contribution in [0.15, 0.2) is 85.2 Å². The van der Waals surface area contributed by atoms with Crippen LogP contribution in [0.3, 0.4) is 0 Å². The van der Waals surface area contributed by atoms with Crippen molar-refractivity contribution in [1.82, 2.24) is 25.1 Å². The van der Waals surface area contributed by atoms with Crippen LogP contribution >= 0.6 is 11.6 Å². The first-order valence-electron chi connectivity index (χ1n) is 17.6. The summed E-state index contributed by atoms with van der Waals surface area (Å²) in [7, 11) is 0. The fourth-order valence-electron chi connectivity index (χ4n) is 7.05. The maximum absolute atomic E-state index is 14.5. The third kappa shape index (κ3) is 9.36. The number of halogens is 1. The predicted octanol–water partition coefficient (Wildman–Crippen LogP) is 7.20. The van der Waals surface area contributed by atoms with Crippen LogP contribution in [0.1, 0.15) is 92.3 Å². The van der Waals surface area contributed by atoms with Gasteiger partial charge in [0.15, 0.2) is 5.78 Å². The summed E-state index contributed by atoms with van der Waals surface area (Å²) in [6, 6.07) is 21.3. The molecule has 10 nitrogen and oxygen atoms in total. The number of hydrogen-bond acceptors (Lipinski definition) is 8. The van der Waals surface area contributed by atoms with Gasteiger partial charge in [0.1, 0.15) is 11.9 Å². The van der Waals surface area contributed by atoms with E-state index in [9.17, 15) is 14.4 Å². The Bertz CT molecular complexity index is 1830. The third-order valence-electron chi connectivity index (χ3n) is 9.37. The van der Waals surface area contributed by atoms with Gasteiger partial charge in [0.25, 0.3) is 0 Å². The van der Waals surface area contributed by atoms with Crippen LogP contribution in [-0.4, -0.2) is 73.2 Å². The van der Waals surface area contributed by atoms with E-state index in [0.29, 0.717) is 28.3 Å². The maximum Gasteiger partial charge on any atom is 0.338 e. The molecule has 3 aromatic carbocycles. The molecular formula is C40H44ClN5O5. The highest BCUT2D eigenvalue weighted by Gasteiger charge is 2.43. The van der Waals surface area contributed by atoms with E-state index in [2.05, 4.69) is 15.5 Å². The summed E-state index contributed by atoms with van der Waals surface area (Å²) in [5.74, 6) is -1.12. The number of rotatable bonds is 10. The van der Waals surface area contributed by atoms with Crippen molar-refractivity contribution >= 4 is 35.3 Å². The lowest BCUT2D eigenvalue weighted by Gasteiger charge is -2.45. The minimum Gasteiger partial charge on any atom is -0.456 e. The van der Waals surface area contributed by atoms with Gasteiger partial charge in [-0.2, -0.15) is 4.68 Å². The lowest BCUT2D eigenvalue weighted by Crippen LogP contribution is -2.56. The first-order chi connectivity index (χ1) is 24.5. The molecule has 266 valence electrons. The van der Waals surface area contributed by atoms with Gasteiger partial charge in [-0.05, 0) is 98.0 Å². The van der Waals surface area contributed by atoms with Gasteiger partial charge < -0.3 is 14.4 Å². The number of Topliss-reactive ketones (excluding diaryl/α,β-unsaturated/α-hetero) is 1. The molecule has 0 radical (unpaired) electrons. The second kappa shape index (κ2) is 16.1. The topological polar surface area (TPSA) is 117 Å². The molecule has 0 bridgehead atoms. The zero-order chi connectivity index (χ0) is 36.0. The number of carbonyl (C=O) groups excluding carboxylic acids is 3. The molecule has 11 heteroatoms. The Balaban J connectivity index is 1.32. The molecule has 6 rings (SSSR count). The SMILES string of the molecule is CC(C)(C)OC(=O)c1ccc(CC(=O)[C@@H]2[C@H](c3ccccc3)C[C@H](OC3CCCCC3)CN2C(=O)/C=C/c2cc(Cl)ccc2-n2cnnn2)cc1. The van der Waals surface area contributed by atoms with Gasteiger partial charge in [0.2, 0.25) is 5.91 Å². The molecule has 0 N–H and O–H groups in total. The highest BCUT2D eigenvalue weighted by molar-refractivity contribution is 6.30. The second-order valence-electron chi connectivity index (χ2n) is 14.3. The van der Waals surface area contributed by atoms with Crippen molar-refractivity contribution in [3.63, 3.8) is 0 Å². The van der Waals surface area contributed by atoms with E-state index >= 15 is 0 Å². The fraction of sp³-hybridized carbons (Fsp3) is 0.400. The molecule has 2 heterocycles. The molecule has 1 saturated carbocycles. The van der Waals surface area contributed by atoms with E-state index in [1.54, 1.807) is 53.4 Å². The van der Waals surface area contributed by atoms with Gasteiger partial charge in [-0.1, -0.05) is 73.3 Å². The van der Waals surface area contributed by atoms with E-state index in [4.69, 9.17) is 21.1 Å². The van der Waals surface area contributed by atoms with Crippen LogP contribution in [0.25, 0.3) is 11.8 Å². The third-order valence-corrected chi connectivity index (χ3v) is 9.60. The first kappa shape index (κ1) is 36.1. The number of piperidine rings is 1. The number of nitrogens with zero attached hydrogens (tertiary/aromatic N) is 5. The zero-order valence-corrected chi connectivity index (χ0v) is 30.0. The number of benzene rings is 3. The predicted molar refractivity (Wildman–Crippen MR) is 195 cm³/mol. The number of hydrogen-bond donors (Lipinski definition) is 0. The molecule has 1 saturated heterocycles. The quantitative estimate of drug-likeness (QED) is 0.125. The lowest BCUT2D eigenvalue weighted by atomic mass is 9.79. The van der Waals surface area contributed by atoms with Crippen LogP contribution in [0, 0.1) is 0 Å². The van der Waals surface area contributed by atoms with Crippen LogP contribution in [0.5, 0.6) is 0 Å². The highest BCUT2D eigenvalue weighted by Crippen LogP contribution is 2.37. The molecule has 0 unspecified atom stereocenters. The van der Waals surface area contributed by atoms with Crippen LogP contribution in [0.4, 0.5) is 0 Å². The Kier molecular flexibility index (Phi) is 11.4. The Hall–Kier alpha value is -4.67. The van der Waals surface area contributed by atoms with Crippen LogP contribution in [0.2, 0.25) is 5.02 Å². The standard InChI is InChI=1S/C40H44ClN5O5/c1-40(2,3)51-39(49)29-16-14-27(15-17-29)22-36(47)38-34(28-10-6-4-7-11-28)24-33(50-32-12-8-5-9-13-32)25-45(38)37(48)21-18-30-23-31(41)19-20-35(30)46-26-42-43-44-46/h4,6-7,10-11,14-21,23,26,32-34,38H,5,8-9,12-13,22,24-25H2,1-3H3/b21-18+/t33-,34-,38-/m0/s1. The molecule has 1 aliphatic carbocycles. The molecular weight excluding hydrogens is 666 g/mol. The smallest absolute Gasteiger partial charge is 0.338 e. The molecule has 51 heavy (non-hydrogen) atoms. The van der Waals surface area contributed by atoms with E-state index in [1.807, 2.05) is 51.1 Å². The Morgan fingerprint density at radius 1 is 0.941 bits per heavy atom. The van der Waals surface area contributed by atoms with E-state index in [0.717, 1.165) is 36.8 Å². The van der Waals surface area contributed by atoms with E-state index in [1.165, 1.54) is 23.5 Å². The lowest BCUT2D eigenvalue weighted by molar-refractivity contribution is -0.146. The van der Waals surface area contributed by atoms with E-state index in [-0.39, 0.29) is 42.8 Å². The van der Waals surface area contributed by atoms with Gasteiger partial charge in [0.05, 0.1) is 29.5 Å². The number of ketones is 1. The Morgan fingerprint density at radius 2 is 1.69 bits per heavy atom. The van der Waals surface area contributed by atoms with Crippen molar-refractivity contribution in [1.29, 1.82) is 0 Å². The molecule has 2 aliphatic rings. The largest absolute Gasteiger partial charge is 0.456 e. The number of likely N-dealkylation sites (tertiary alicyclic amines) is 1. The molecule has 3 atom stereocenters. The molecule has 4 aromatic rings. The second-order valence-corrected chi connectivity index (χ2v) is 14.8. The fourth-order valence-corrected chi connectivity index (χ4v) is 7.23. The summed E-state index contributed by atoms with van der Waals surface area (Å²) in [6.07, 6.45) is 10.7. The van der Waals surface area contributed by atoms with Gasteiger partial charge in [-0.3, -0.25) is 9.59 Å². The summed E-state index contributed by atoms with van der Waals surface area (Å²) < 4.78 is 13.7. The Morgan fingerprint density at radius 3 is 2.37 bits per heavy atom. The molecule has 1 aliphatic heterocycles. The monoisotopic (exact) mass is 709 g/mol. The van der Waals surface area contributed by atoms with E-state index < -0.39 is 17.6 Å². The van der Waals surface area contributed by atoms with Crippen LogP contribution in [-0.2, 0) is 25.5 Å². The maximum atomic E-state index is 14.5. The van der Waals surface area contributed by atoms with Crippen molar-refractivity contribution in [2.45, 2.75) is 95.5 Å². The van der Waals surface area contributed by atoms with Gasteiger partial charge >= 0.3 is 5.97 Å². The summed E-state index contributed by atoms with van der Waals surface area (Å²) in [4.78, 5) is 43.2. The van der Waals surface area contributed by atoms with Crippen molar-refractivity contribution in [2.24, 2.45) is 0 Å². The number of tetrazole rings is 1. The van der Waals surface area contributed by atoms with Crippen molar-refractivity contribution in [3.05, 3.63) is 112 Å². The number of ether oxygens (including phenoxy) is 2. The number of esters is 1. The average molecular weight is 710 g/mol. The number of aromatic nitrogens is 4. The summed E-state index contributed by atoms with van der Waals surface area (Å²) in [5.41, 5.74) is 2.80. The van der Waals surface area contributed by atoms with Crippen molar-refractivity contribution in [3.8, 4) is 5.69 Å². The minimum absolute atomic E-state index is 0.0853. The van der Waals surface area contributed by atoms with Crippen molar-refractivity contribution in [2.75, 3.05) is 6.54 Å². The number of amides is 1. The highest BCUT2D eigenvalue weighted by atomic mass is 35.5. The summed E-state index contributed by atoms with van der Waals surface area (Å²) in [6.45, 7) is 5.74. The van der Waals surface area contributed by atoms with Gasteiger partial charge in [-0.25, -0.2) is 4.79 Å². The Labute approximate surface area is 303 Å². The average Bonchev–Trinajstić information content (AvgIpc) is 3.66. The normalized spacial score (nSPS) is 20.0. The molecule has 0 spiro atoms. The molecule has 1 amide bonds. The summed E-state index contributed by atoms with van der Waals surface area (Å²) >= 11 is 6.36. The molecule has 1 aromatic heterocycles. The van der Waals surface area contributed by atoms with Gasteiger partial charge in [-0.15, -0.1) is 5.10 Å². The van der Waals surface area contributed by atoms with Crippen molar-refractivity contribution < 1.29 is 23.9 Å².